The Morgan fingerprint density at radius 2 is 1.11 bits per heavy atom. The first-order chi connectivity index (χ1) is 26.2. The van der Waals surface area contributed by atoms with Gasteiger partial charge >= 0.3 is 29.6 Å². The van der Waals surface area contributed by atoms with E-state index in [4.69, 9.17) is 18.9 Å². The molecule has 9 heteroatoms. The van der Waals surface area contributed by atoms with E-state index in [0.29, 0.717) is 37.3 Å². The van der Waals surface area contributed by atoms with Gasteiger partial charge in [-0.3, -0.25) is 0 Å². The number of allylic oxidation sites excluding steroid dienone is 2. The number of rotatable bonds is 16. The van der Waals surface area contributed by atoms with Crippen molar-refractivity contribution in [2.45, 2.75) is 142 Å². The summed E-state index contributed by atoms with van der Waals surface area (Å²) >= 11 is 0. The number of hydrogen-bond acceptors (Lipinski definition) is 8. The molecule has 2 saturated carbocycles. The van der Waals surface area contributed by atoms with Crippen LogP contribution in [0.5, 0.6) is 11.5 Å². The van der Waals surface area contributed by atoms with Crippen molar-refractivity contribution in [1.82, 2.24) is 0 Å². The molecule has 2 aromatic rings. The molecule has 6 rings (SSSR count). The first kappa shape index (κ1) is 45.1. The van der Waals surface area contributed by atoms with E-state index in [1.807, 2.05) is 62.4 Å². The molecule has 2 fully saturated rings. The fraction of sp³-hybridized carbons (Fsp3) is 0.609. The van der Waals surface area contributed by atoms with Crippen LogP contribution in [0.1, 0.15) is 153 Å². The van der Waals surface area contributed by atoms with Gasteiger partial charge in [0.2, 0.25) is 0 Å². The third-order valence-electron chi connectivity index (χ3n) is 11.9. The molecule has 0 saturated heterocycles. The molecule has 4 aliphatic carbocycles. The van der Waals surface area contributed by atoms with E-state index < -0.39 is 24.1 Å². The van der Waals surface area contributed by atoms with Crippen LogP contribution < -0.4 is 49.2 Å². The minimum Gasteiger partial charge on any atom is -0.550 e. The van der Waals surface area contributed by atoms with E-state index >= 15 is 0 Å². The molecular weight excluding hydrogens is 703 g/mol. The molecule has 0 radical (unpaired) electrons. The molecule has 0 heterocycles. The smallest absolute Gasteiger partial charge is 0.550 e. The van der Waals surface area contributed by atoms with Crippen LogP contribution in [-0.4, -0.2) is 38.4 Å². The molecule has 2 aromatic carbocycles. The van der Waals surface area contributed by atoms with Crippen LogP contribution in [0.25, 0.3) is 0 Å². The third kappa shape index (κ3) is 14.4. The first-order valence-corrected chi connectivity index (χ1v) is 20.7. The number of carbonyl (C=O) groups excluding carboxylic acids is 2. The maximum absolute atomic E-state index is 10.9. The molecule has 0 bridgehead atoms. The topological polar surface area (TPSA) is 117 Å². The van der Waals surface area contributed by atoms with Crippen LogP contribution in [0.4, 0.5) is 0 Å². The normalized spacial score (nSPS) is 19.7. The van der Waals surface area contributed by atoms with Crippen molar-refractivity contribution in [3.05, 3.63) is 83.0 Å². The SMILES string of the molecule is CCOC(CC(=O)[O-])c1ccc(OCC2=CC3(CCCCC3)CCC2)cc1.CCOC(CC(=O)[O-])c1ccc(OCC2=CCCC3(CCCCC3)C2)cc1.[Na+]. The standard InChI is InChI=1S/2C23H32O4.Na/c2*1-2-26-21(15-22(24)25)19-8-10-20(11-9-19)27-17-18-7-6-14-23(16-18)12-4-3-5-13-23;/h8-11,16,21H,2-7,12-15,17H2,1H3,(H,24,25);7-11,21H,2-6,12-17H2,1H3,(H,24,25);/q;;+1/p-2. The van der Waals surface area contributed by atoms with Crippen LogP contribution in [0.2, 0.25) is 0 Å². The summed E-state index contributed by atoms with van der Waals surface area (Å²) in [5.74, 6) is -0.581. The maximum atomic E-state index is 10.9. The second-order valence-corrected chi connectivity index (χ2v) is 16.0. The van der Waals surface area contributed by atoms with Crippen LogP contribution in [0.3, 0.4) is 0 Å². The number of benzene rings is 2. The molecular formula is C46H62NaO8-. The summed E-state index contributed by atoms with van der Waals surface area (Å²) in [7, 11) is 0. The van der Waals surface area contributed by atoms with Crippen molar-refractivity contribution in [2.24, 2.45) is 10.8 Å². The summed E-state index contributed by atoms with van der Waals surface area (Å²) in [6, 6.07) is 15.1. The number of carboxylic acid groups (broad SMARTS) is 2. The summed E-state index contributed by atoms with van der Waals surface area (Å²) in [5, 5.41) is 21.8. The molecule has 2 atom stereocenters. The Balaban J connectivity index is 0.000000240. The van der Waals surface area contributed by atoms with Crippen molar-refractivity contribution in [3.8, 4) is 11.5 Å². The van der Waals surface area contributed by atoms with Crippen molar-refractivity contribution in [2.75, 3.05) is 26.4 Å². The van der Waals surface area contributed by atoms with Gasteiger partial charge in [0, 0.05) is 38.0 Å². The Morgan fingerprint density at radius 1 is 0.636 bits per heavy atom. The zero-order valence-corrected chi connectivity index (χ0v) is 35.8. The second-order valence-electron chi connectivity index (χ2n) is 16.0. The van der Waals surface area contributed by atoms with E-state index in [1.165, 1.54) is 107 Å². The van der Waals surface area contributed by atoms with Gasteiger partial charge in [-0.25, -0.2) is 0 Å². The van der Waals surface area contributed by atoms with Crippen LogP contribution in [0.15, 0.2) is 71.8 Å². The molecule has 8 nitrogen and oxygen atoms in total. The average molecular weight is 766 g/mol. The molecule has 55 heavy (non-hydrogen) atoms. The summed E-state index contributed by atoms with van der Waals surface area (Å²) in [5.41, 5.74) is 5.50. The Hall–Kier alpha value is -2.62. The molecule has 4 aliphatic rings. The molecule has 2 spiro atoms. The molecule has 0 N–H and O–H groups in total. The average Bonchev–Trinajstić information content (AvgIpc) is 3.17. The van der Waals surface area contributed by atoms with Crippen LogP contribution in [-0.2, 0) is 19.1 Å². The van der Waals surface area contributed by atoms with Gasteiger partial charge in [0.05, 0.1) is 12.2 Å². The fourth-order valence-corrected chi connectivity index (χ4v) is 9.23. The predicted molar refractivity (Wildman–Crippen MR) is 207 cm³/mol. The van der Waals surface area contributed by atoms with Crippen molar-refractivity contribution in [1.29, 1.82) is 0 Å². The van der Waals surface area contributed by atoms with Crippen molar-refractivity contribution in [3.63, 3.8) is 0 Å². The molecule has 0 aliphatic heterocycles. The van der Waals surface area contributed by atoms with Gasteiger partial charge in [-0.05, 0) is 135 Å². The number of carbonyl (C=O) groups is 2. The Labute approximate surface area is 351 Å². The van der Waals surface area contributed by atoms with E-state index in [-0.39, 0.29) is 42.4 Å². The minimum absolute atomic E-state index is 0. The van der Waals surface area contributed by atoms with Crippen LogP contribution in [0, 0.1) is 10.8 Å². The van der Waals surface area contributed by atoms with Gasteiger partial charge in [-0.15, -0.1) is 0 Å². The molecule has 0 aromatic heterocycles. The van der Waals surface area contributed by atoms with E-state index in [1.54, 1.807) is 0 Å². The van der Waals surface area contributed by atoms with E-state index in [2.05, 4.69) is 12.2 Å². The van der Waals surface area contributed by atoms with Crippen molar-refractivity contribution < 1.29 is 68.3 Å². The number of ether oxygens (including phenoxy) is 4. The molecule has 2 unspecified atom stereocenters. The quantitative estimate of drug-likeness (QED) is 0.158. The summed E-state index contributed by atoms with van der Waals surface area (Å²) < 4.78 is 23.1. The third-order valence-corrected chi connectivity index (χ3v) is 11.9. The summed E-state index contributed by atoms with van der Waals surface area (Å²) in [4.78, 5) is 21.8. The zero-order chi connectivity index (χ0) is 38.2. The number of hydrogen-bond donors (Lipinski definition) is 0. The van der Waals surface area contributed by atoms with Gasteiger partial charge in [-0.2, -0.15) is 0 Å². The van der Waals surface area contributed by atoms with Gasteiger partial charge in [0.1, 0.15) is 24.7 Å². The monoisotopic (exact) mass is 765 g/mol. The van der Waals surface area contributed by atoms with Gasteiger partial charge < -0.3 is 38.7 Å². The van der Waals surface area contributed by atoms with Gasteiger partial charge in [-0.1, -0.05) is 74.9 Å². The largest absolute Gasteiger partial charge is 1.00 e. The predicted octanol–water partition coefficient (Wildman–Crippen LogP) is 5.69. The summed E-state index contributed by atoms with van der Waals surface area (Å²) in [6.07, 6.45) is 24.8. The second kappa shape index (κ2) is 23.0. The Kier molecular flexibility index (Phi) is 18.8. The Bertz CT molecular complexity index is 1520. The molecule has 296 valence electrons. The van der Waals surface area contributed by atoms with E-state index in [9.17, 15) is 19.8 Å². The van der Waals surface area contributed by atoms with E-state index in [0.717, 1.165) is 29.0 Å². The fourth-order valence-electron chi connectivity index (χ4n) is 9.23. The van der Waals surface area contributed by atoms with Gasteiger partial charge in [0.25, 0.3) is 0 Å². The maximum Gasteiger partial charge on any atom is 1.00 e. The van der Waals surface area contributed by atoms with Gasteiger partial charge in [0.15, 0.2) is 0 Å². The Morgan fingerprint density at radius 3 is 1.60 bits per heavy atom. The van der Waals surface area contributed by atoms with Crippen molar-refractivity contribution >= 4 is 11.9 Å². The molecule has 0 amide bonds. The minimum atomic E-state index is -1.10. The zero-order valence-electron chi connectivity index (χ0n) is 33.8. The first-order valence-electron chi connectivity index (χ1n) is 20.7. The number of aliphatic carboxylic acids is 2. The number of carboxylic acids is 2. The summed E-state index contributed by atoms with van der Waals surface area (Å²) in [6.45, 7) is 5.94. The van der Waals surface area contributed by atoms with Crippen LogP contribution >= 0.6 is 0 Å².